The van der Waals surface area contributed by atoms with Crippen LogP contribution in [-0.4, -0.2) is 67.3 Å². The van der Waals surface area contributed by atoms with E-state index < -0.39 is 0 Å². The first-order valence-electron chi connectivity index (χ1n) is 9.09. The lowest BCUT2D eigenvalue weighted by Crippen LogP contribution is -2.45. The van der Waals surface area contributed by atoms with Crippen molar-refractivity contribution in [2.45, 2.75) is 12.8 Å². The molecule has 1 atom stereocenters. The summed E-state index contributed by atoms with van der Waals surface area (Å²) in [6.07, 6.45) is 8.47. The Morgan fingerprint density at radius 1 is 1.20 bits per heavy atom. The molecule has 0 aromatic rings. The summed E-state index contributed by atoms with van der Waals surface area (Å²) in [4.78, 5) is 7.41. The lowest BCUT2D eigenvalue weighted by molar-refractivity contribution is 0.185. The number of nitrogens with zero attached hydrogens (tertiary/aromatic N) is 4. The Hall–Kier alpha value is -1.64. The molecule has 3 heterocycles. The molecule has 4 rings (SSSR count). The average Bonchev–Trinajstić information content (AvgIpc) is 2.95. The number of thioether (sulfide) groups is 1. The average molecular weight is 355 g/mol. The summed E-state index contributed by atoms with van der Waals surface area (Å²) < 4.78 is 0. The highest BCUT2D eigenvalue weighted by molar-refractivity contribution is 8.02. The first kappa shape index (κ1) is 16.8. The topological polar surface area (TPSA) is 33.5 Å². The second kappa shape index (κ2) is 6.59. The van der Waals surface area contributed by atoms with Crippen LogP contribution in [-0.2, 0) is 0 Å². The molecule has 5 heteroatoms. The fourth-order valence-corrected chi connectivity index (χ4v) is 5.88. The van der Waals surface area contributed by atoms with Gasteiger partial charge in [0.25, 0.3) is 0 Å². The Labute approximate surface area is 155 Å². The Balaban J connectivity index is 1.73. The smallest absolute Gasteiger partial charge is 0.0911 e. The predicted molar refractivity (Wildman–Crippen MR) is 104 cm³/mol. The second-order valence-corrected chi connectivity index (χ2v) is 8.44. The summed E-state index contributed by atoms with van der Waals surface area (Å²) in [5, 5.41) is 11.5. The van der Waals surface area contributed by atoms with Gasteiger partial charge in [-0.1, -0.05) is 11.6 Å². The molecule has 1 unspecified atom stereocenters. The Morgan fingerprint density at radius 2 is 2.00 bits per heavy atom. The molecule has 1 fully saturated rings. The van der Waals surface area contributed by atoms with Gasteiger partial charge in [0.05, 0.1) is 11.5 Å². The van der Waals surface area contributed by atoms with Crippen molar-refractivity contribution in [2.75, 3.05) is 52.6 Å². The number of hydrogen-bond donors (Lipinski definition) is 0. The van der Waals surface area contributed by atoms with Crippen LogP contribution in [0.1, 0.15) is 12.8 Å². The van der Waals surface area contributed by atoms with E-state index in [2.05, 4.69) is 52.4 Å². The molecule has 0 radical (unpaired) electrons. The summed E-state index contributed by atoms with van der Waals surface area (Å²) in [7, 11) is 4.43. The molecule has 0 aromatic carbocycles. The van der Waals surface area contributed by atoms with E-state index in [1.807, 2.05) is 11.8 Å². The Morgan fingerprint density at radius 3 is 2.76 bits per heavy atom. The first-order chi connectivity index (χ1) is 12.1. The fourth-order valence-electron chi connectivity index (χ4n) is 4.60. The summed E-state index contributed by atoms with van der Waals surface area (Å²) >= 11 is 1.94. The van der Waals surface area contributed by atoms with Gasteiger partial charge in [0.2, 0.25) is 0 Å². The van der Waals surface area contributed by atoms with Gasteiger partial charge in [-0.3, -0.25) is 0 Å². The van der Waals surface area contributed by atoms with Crippen LogP contribution in [0.25, 0.3) is 0 Å². The molecule has 4 aliphatic rings. The molecule has 1 saturated heterocycles. The molecule has 132 valence electrons. The van der Waals surface area contributed by atoms with Gasteiger partial charge in [-0.25, -0.2) is 0 Å². The van der Waals surface area contributed by atoms with E-state index >= 15 is 0 Å². The highest BCUT2D eigenvalue weighted by Crippen LogP contribution is 2.56. The quantitative estimate of drug-likeness (QED) is 0.677. The standard InChI is InChI=1S/C20H26N4S/c1-22-9-11-24(12-10-22)18-6-8-23(2)19-4-3-16(5-7-21)13-20(19)15-25-14-17(18)20/h4-6,14H,3,8-13,15H2,1-2H3/b16-5-. The molecule has 0 amide bonds. The van der Waals surface area contributed by atoms with E-state index in [-0.39, 0.29) is 5.41 Å². The summed E-state index contributed by atoms with van der Waals surface area (Å²) in [6, 6.07) is 2.25. The van der Waals surface area contributed by atoms with Gasteiger partial charge < -0.3 is 14.7 Å². The predicted octanol–water partition coefficient (Wildman–Crippen LogP) is 2.81. The van der Waals surface area contributed by atoms with Crippen molar-refractivity contribution in [3.05, 3.63) is 46.2 Å². The monoisotopic (exact) mass is 354 g/mol. The fraction of sp³-hybridized carbons (Fsp3) is 0.550. The zero-order chi connectivity index (χ0) is 17.4. The van der Waals surface area contributed by atoms with E-state index in [1.54, 1.807) is 6.08 Å². The van der Waals surface area contributed by atoms with E-state index in [0.29, 0.717) is 0 Å². The molecule has 3 aliphatic heterocycles. The molecule has 4 nitrogen and oxygen atoms in total. The van der Waals surface area contributed by atoms with Crippen molar-refractivity contribution in [3.63, 3.8) is 0 Å². The third-order valence-electron chi connectivity index (χ3n) is 5.98. The number of piperazine rings is 1. The van der Waals surface area contributed by atoms with Crippen LogP contribution in [0.3, 0.4) is 0 Å². The van der Waals surface area contributed by atoms with Crippen molar-refractivity contribution in [2.24, 2.45) is 5.41 Å². The highest BCUT2D eigenvalue weighted by atomic mass is 32.2. The third-order valence-corrected chi connectivity index (χ3v) is 7.04. The van der Waals surface area contributed by atoms with Crippen molar-refractivity contribution in [1.82, 2.24) is 14.7 Å². The van der Waals surface area contributed by atoms with Gasteiger partial charge >= 0.3 is 0 Å². The molecule has 25 heavy (non-hydrogen) atoms. The van der Waals surface area contributed by atoms with Crippen molar-refractivity contribution in [3.8, 4) is 6.07 Å². The highest BCUT2D eigenvalue weighted by Gasteiger charge is 2.48. The minimum Gasteiger partial charge on any atom is -0.374 e. The van der Waals surface area contributed by atoms with Gasteiger partial charge in [-0.15, -0.1) is 11.8 Å². The Kier molecular flexibility index (Phi) is 4.43. The second-order valence-electron chi connectivity index (χ2n) is 7.59. The zero-order valence-electron chi connectivity index (χ0n) is 15.2. The van der Waals surface area contributed by atoms with E-state index in [0.717, 1.165) is 51.3 Å². The molecular formula is C20H26N4S. The van der Waals surface area contributed by atoms with E-state index in [4.69, 9.17) is 5.26 Å². The number of allylic oxidation sites excluding steroid dienone is 5. The first-order valence-corrected chi connectivity index (χ1v) is 10.1. The summed E-state index contributed by atoms with van der Waals surface area (Å²) in [6.45, 7) is 5.43. The summed E-state index contributed by atoms with van der Waals surface area (Å²) in [5.41, 5.74) is 5.70. The van der Waals surface area contributed by atoms with Crippen LogP contribution in [0.2, 0.25) is 0 Å². The number of nitriles is 1. The SMILES string of the molecule is CN1CCN(C2=CCN(C)C3=CC/C(=C/C#N)CC34CSC=C24)CC1. The van der Waals surface area contributed by atoms with Crippen LogP contribution < -0.4 is 0 Å². The summed E-state index contributed by atoms with van der Waals surface area (Å²) in [5.74, 6) is 1.09. The van der Waals surface area contributed by atoms with Gasteiger partial charge in [0.1, 0.15) is 0 Å². The number of likely N-dealkylation sites (N-methyl/N-ethyl adjacent to an activating group) is 2. The van der Waals surface area contributed by atoms with Crippen LogP contribution in [0.5, 0.6) is 0 Å². The number of hydrogen-bond acceptors (Lipinski definition) is 5. The molecule has 0 N–H and O–H groups in total. The zero-order valence-corrected chi connectivity index (χ0v) is 16.0. The lowest BCUT2D eigenvalue weighted by Gasteiger charge is -2.43. The lowest BCUT2D eigenvalue weighted by atomic mass is 9.69. The number of rotatable bonds is 1. The van der Waals surface area contributed by atoms with Crippen molar-refractivity contribution >= 4 is 11.8 Å². The van der Waals surface area contributed by atoms with Crippen molar-refractivity contribution < 1.29 is 0 Å². The minimum absolute atomic E-state index is 0.0477. The molecule has 1 aliphatic carbocycles. The van der Waals surface area contributed by atoms with Crippen LogP contribution in [0, 0.1) is 16.7 Å². The van der Waals surface area contributed by atoms with Crippen molar-refractivity contribution in [1.29, 1.82) is 5.26 Å². The largest absolute Gasteiger partial charge is 0.374 e. The van der Waals surface area contributed by atoms with Crippen LogP contribution in [0.15, 0.2) is 46.2 Å². The minimum atomic E-state index is 0.0477. The third kappa shape index (κ3) is 2.82. The molecule has 1 spiro atoms. The van der Waals surface area contributed by atoms with Gasteiger partial charge in [0, 0.05) is 63.0 Å². The normalized spacial score (nSPS) is 31.6. The maximum atomic E-state index is 9.14. The van der Waals surface area contributed by atoms with Crippen LogP contribution in [0.4, 0.5) is 0 Å². The Bertz CT molecular complexity index is 718. The van der Waals surface area contributed by atoms with Gasteiger partial charge in [-0.05, 0) is 36.9 Å². The van der Waals surface area contributed by atoms with Gasteiger partial charge in [0.15, 0.2) is 0 Å². The molecule has 0 bridgehead atoms. The van der Waals surface area contributed by atoms with Crippen LogP contribution >= 0.6 is 11.8 Å². The maximum absolute atomic E-state index is 9.14. The maximum Gasteiger partial charge on any atom is 0.0911 e. The molecule has 0 aromatic heterocycles. The van der Waals surface area contributed by atoms with Gasteiger partial charge in [-0.2, -0.15) is 5.26 Å². The molecular weight excluding hydrogens is 328 g/mol. The van der Waals surface area contributed by atoms with E-state index in [1.165, 1.54) is 22.5 Å². The van der Waals surface area contributed by atoms with E-state index in [9.17, 15) is 0 Å². The molecule has 0 saturated carbocycles.